The number of aliphatic imine (C=N–C) groups is 1. The molecule has 3 fully saturated rings. The lowest BCUT2D eigenvalue weighted by Gasteiger charge is -2.26. The van der Waals surface area contributed by atoms with E-state index in [1.807, 2.05) is 7.05 Å². The van der Waals surface area contributed by atoms with Crippen molar-refractivity contribution >= 4 is 29.9 Å². The Kier molecular flexibility index (Phi) is 8.00. The predicted octanol–water partition coefficient (Wildman–Crippen LogP) is 3.48. The smallest absolute Gasteiger partial charge is 0.193 e. The standard InChI is InChI=1S/C22H34N4O.HI/c1-23-21(26-11-10-22(18-26)8-2-3-9-22)24-16-19-4-6-20(7-5-19)17-25-12-14-27-15-13-25;/h4-7H,2-3,8-18H2,1H3,(H,23,24);1H. The van der Waals surface area contributed by atoms with Crippen molar-refractivity contribution in [2.24, 2.45) is 10.4 Å². The van der Waals surface area contributed by atoms with Gasteiger partial charge in [-0.05, 0) is 35.8 Å². The number of likely N-dealkylation sites (tertiary alicyclic amines) is 1. The fourth-order valence-corrected chi connectivity index (χ4v) is 4.94. The molecule has 1 N–H and O–H groups in total. The Bertz CT molecular complexity index is 636. The molecule has 28 heavy (non-hydrogen) atoms. The van der Waals surface area contributed by atoms with Crippen LogP contribution in [0, 0.1) is 5.41 Å². The number of halogens is 1. The van der Waals surface area contributed by atoms with Crippen LogP contribution in [0.1, 0.15) is 43.2 Å². The number of guanidine groups is 1. The molecule has 3 aliphatic rings. The third-order valence-electron chi connectivity index (χ3n) is 6.60. The highest BCUT2D eigenvalue weighted by Crippen LogP contribution is 2.45. The zero-order valence-electron chi connectivity index (χ0n) is 17.2. The Hall–Kier alpha value is -0.860. The summed E-state index contributed by atoms with van der Waals surface area (Å²) in [5.41, 5.74) is 3.28. The summed E-state index contributed by atoms with van der Waals surface area (Å²) in [5, 5.41) is 3.58. The summed E-state index contributed by atoms with van der Waals surface area (Å²) in [6, 6.07) is 9.02. The number of morpholine rings is 1. The number of hydrogen-bond donors (Lipinski definition) is 1. The van der Waals surface area contributed by atoms with Gasteiger partial charge in [0.25, 0.3) is 0 Å². The van der Waals surface area contributed by atoms with Crippen LogP contribution in [0.5, 0.6) is 0 Å². The number of hydrogen-bond acceptors (Lipinski definition) is 3. The highest BCUT2D eigenvalue weighted by molar-refractivity contribution is 14.0. The van der Waals surface area contributed by atoms with Gasteiger partial charge in [-0.3, -0.25) is 9.89 Å². The first-order valence-corrected chi connectivity index (χ1v) is 10.6. The molecule has 0 amide bonds. The summed E-state index contributed by atoms with van der Waals surface area (Å²) in [5.74, 6) is 1.07. The highest BCUT2D eigenvalue weighted by atomic mass is 127. The summed E-state index contributed by atoms with van der Waals surface area (Å²) in [4.78, 5) is 9.48. The van der Waals surface area contributed by atoms with E-state index >= 15 is 0 Å². The lowest BCUT2D eigenvalue weighted by atomic mass is 9.86. The van der Waals surface area contributed by atoms with Crippen molar-refractivity contribution < 1.29 is 4.74 Å². The van der Waals surface area contributed by atoms with Crippen molar-refractivity contribution in [2.75, 3.05) is 46.4 Å². The van der Waals surface area contributed by atoms with Crippen molar-refractivity contribution in [1.82, 2.24) is 15.1 Å². The average molecular weight is 498 g/mol. The molecule has 0 unspecified atom stereocenters. The molecule has 1 spiro atoms. The van der Waals surface area contributed by atoms with E-state index in [-0.39, 0.29) is 24.0 Å². The summed E-state index contributed by atoms with van der Waals surface area (Å²) in [7, 11) is 1.91. The Morgan fingerprint density at radius 3 is 2.39 bits per heavy atom. The zero-order valence-corrected chi connectivity index (χ0v) is 19.5. The molecule has 0 atom stereocenters. The Labute approximate surface area is 186 Å². The second-order valence-electron chi connectivity index (χ2n) is 8.48. The van der Waals surface area contributed by atoms with Crippen molar-refractivity contribution in [2.45, 2.75) is 45.2 Å². The van der Waals surface area contributed by atoms with E-state index in [0.717, 1.165) is 51.9 Å². The fourth-order valence-electron chi connectivity index (χ4n) is 4.94. The molecular formula is C22H35IN4O. The van der Waals surface area contributed by atoms with Gasteiger partial charge in [0, 0.05) is 46.3 Å². The number of nitrogens with one attached hydrogen (secondary N) is 1. The second-order valence-corrected chi connectivity index (χ2v) is 8.48. The van der Waals surface area contributed by atoms with Gasteiger partial charge in [0.05, 0.1) is 13.2 Å². The Morgan fingerprint density at radius 1 is 1.04 bits per heavy atom. The number of rotatable bonds is 4. The molecule has 1 saturated carbocycles. The van der Waals surface area contributed by atoms with E-state index in [1.165, 1.54) is 49.8 Å². The summed E-state index contributed by atoms with van der Waals surface area (Å²) in [6.45, 7) is 8.00. The zero-order chi connectivity index (χ0) is 18.5. The molecule has 0 bridgehead atoms. The molecule has 2 saturated heterocycles. The maximum Gasteiger partial charge on any atom is 0.193 e. The number of benzene rings is 1. The first-order chi connectivity index (χ1) is 13.3. The van der Waals surface area contributed by atoms with Gasteiger partial charge in [0.15, 0.2) is 5.96 Å². The van der Waals surface area contributed by atoms with Crippen molar-refractivity contribution in [3.63, 3.8) is 0 Å². The monoisotopic (exact) mass is 498 g/mol. The molecule has 5 nitrogen and oxygen atoms in total. The first kappa shape index (κ1) is 21.8. The molecule has 6 heteroatoms. The molecular weight excluding hydrogens is 463 g/mol. The minimum absolute atomic E-state index is 0. The van der Waals surface area contributed by atoms with Crippen molar-refractivity contribution in [3.8, 4) is 0 Å². The predicted molar refractivity (Wildman–Crippen MR) is 125 cm³/mol. The summed E-state index contributed by atoms with van der Waals surface area (Å²) < 4.78 is 5.43. The van der Waals surface area contributed by atoms with Gasteiger partial charge in [-0.2, -0.15) is 0 Å². The van der Waals surface area contributed by atoms with E-state index in [1.54, 1.807) is 0 Å². The quantitative estimate of drug-likeness (QED) is 0.392. The van der Waals surface area contributed by atoms with Gasteiger partial charge in [-0.1, -0.05) is 37.1 Å². The van der Waals surface area contributed by atoms with Crippen LogP contribution in [-0.4, -0.2) is 62.2 Å². The van der Waals surface area contributed by atoms with Gasteiger partial charge in [0.2, 0.25) is 0 Å². The maximum absolute atomic E-state index is 5.43. The Balaban J connectivity index is 0.00000225. The third kappa shape index (κ3) is 5.39. The average Bonchev–Trinajstić information content (AvgIpc) is 3.34. The van der Waals surface area contributed by atoms with Gasteiger partial charge in [0.1, 0.15) is 0 Å². The van der Waals surface area contributed by atoms with Crippen LogP contribution in [-0.2, 0) is 17.8 Å². The minimum Gasteiger partial charge on any atom is -0.379 e. The SMILES string of the molecule is CN=C(NCc1ccc(CN2CCOCC2)cc1)N1CCC2(CCCC2)C1.I. The van der Waals surface area contributed by atoms with Crippen LogP contribution >= 0.6 is 24.0 Å². The lowest BCUT2D eigenvalue weighted by molar-refractivity contribution is 0.0342. The van der Waals surface area contributed by atoms with Crippen LogP contribution in [0.15, 0.2) is 29.3 Å². The van der Waals surface area contributed by atoms with E-state index in [0.29, 0.717) is 5.41 Å². The summed E-state index contributed by atoms with van der Waals surface area (Å²) in [6.07, 6.45) is 6.98. The van der Waals surface area contributed by atoms with Crippen molar-refractivity contribution in [3.05, 3.63) is 35.4 Å². The Morgan fingerprint density at radius 2 is 1.71 bits per heavy atom. The van der Waals surface area contributed by atoms with Crippen molar-refractivity contribution in [1.29, 1.82) is 0 Å². The molecule has 0 aromatic heterocycles. The first-order valence-electron chi connectivity index (χ1n) is 10.6. The third-order valence-corrected chi connectivity index (χ3v) is 6.60. The molecule has 156 valence electrons. The minimum atomic E-state index is 0. The molecule has 1 aliphatic carbocycles. The highest BCUT2D eigenvalue weighted by Gasteiger charge is 2.41. The van der Waals surface area contributed by atoms with Crippen LogP contribution in [0.3, 0.4) is 0 Å². The van der Waals surface area contributed by atoms with Gasteiger partial charge in [-0.25, -0.2) is 0 Å². The second kappa shape index (κ2) is 10.3. The van der Waals surface area contributed by atoms with Crippen LogP contribution in [0.25, 0.3) is 0 Å². The molecule has 4 rings (SSSR count). The largest absolute Gasteiger partial charge is 0.379 e. The van der Waals surface area contributed by atoms with Gasteiger partial charge >= 0.3 is 0 Å². The van der Waals surface area contributed by atoms with E-state index in [4.69, 9.17) is 4.74 Å². The van der Waals surface area contributed by atoms with Crippen LogP contribution < -0.4 is 5.32 Å². The van der Waals surface area contributed by atoms with E-state index in [9.17, 15) is 0 Å². The normalized spacial score (nSPS) is 22.5. The van der Waals surface area contributed by atoms with Crippen LogP contribution in [0.2, 0.25) is 0 Å². The van der Waals surface area contributed by atoms with Crippen LogP contribution in [0.4, 0.5) is 0 Å². The lowest BCUT2D eigenvalue weighted by Crippen LogP contribution is -2.40. The molecule has 0 radical (unpaired) electrons. The summed E-state index contributed by atoms with van der Waals surface area (Å²) >= 11 is 0. The van der Waals surface area contributed by atoms with E-state index in [2.05, 4.69) is 44.4 Å². The molecule has 2 heterocycles. The molecule has 1 aromatic carbocycles. The number of ether oxygens (including phenoxy) is 1. The van der Waals surface area contributed by atoms with Gasteiger partial charge < -0.3 is 15.0 Å². The number of nitrogens with zero attached hydrogens (tertiary/aromatic N) is 3. The molecule has 1 aromatic rings. The van der Waals surface area contributed by atoms with Gasteiger partial charge in [-0.15, -0.1) is 24.0 Å². The van der Waals surface area contributed by atoms with E-state index < -0.39 is 0 Å². The topological polar surface area (TPSA) is 40.1 Å². The maximum atomic E-state index is 5.43. The fraction of sp³-hybridized carbons (Fsp3) is 0.682. The molecule has 2 aliphatic heterocycles.